The van der Waals surface area contributed by atoms with Gasteiger partial charge in [0.15, 0.2) is 0 Å². The lowest BCUT2D eigenvalue weighted by molar-refractivity contribution is 0.413. The fourth-order valence-corrected chi connectivity index (χ4v) is 2.69. The van der Waals surface area contributed by atoms with E-state index in [-0.39, 0.29) is 0 Å². The van der Waals surface area contributed by atoms with Gasteiger partial charge in [-0.2, -0.15) is 0 Å². The van der Waals surface area contributed by atoms with Crippen molar-refractivity contribution in [3.05, 3.63) is 47.5 Å². The van der Waals surface area contributed by atoms with Crippen molar-refractivity contribution in [2.45, 2.75) is 9.79 Å². The number of methoxy groups -OCH3 is 2. The number of halogens is 1. The molecule has 0 N–H and O–H groups in total. The number of rotatable bonds is 4. The maximum absolute atomic E-state index is 6.03. The highest BCUT2D eigenvalue weighted by atomic mass is 35.5. The summed E-state index contributed by atoms with van der Waals surface area (Å²) in [6.45, 7) is 0. The van der Waals surface area contributed by atoms with Crippen LogP contribution in [0, 0.1) is 0 Å². The zero-order valence-electron chi connectivity index (χ0n) is 10.1. The molecular weight excluding hydrogens is 268 g/mol. The molecule has 0 aliphatic carbocycles. The Balaban J connectivity index is 2.19. The normalized spacial score (nSPS) is 10.2. The zero-order valence-corrected chi connectivity index (χ0v) is 11.7. The fourth-order valence-electron chi connectivity index (χ4n) is 1.49. The van der Waals surface area contributed by atoms with Crippen molar-refractivity contribution in [1.29, 1.82) is 0 Å². The molecule has 0 saturated heterocycles. The van der Waals surface area contributed by atoms with E-state index in [1.807, 2.05) is 36.4 Å². The monoisotopic (exact) mass is 280 g/mol. The first-order valence-electron chi connectivity index (χ1n) is 5.38. The highest BCUT2D eigenvalue weighted by molar-refractivity contribution is 7.99. The molecule has 0 aromatic heterocycles. The Kier molecular flexibility index (Phi) is 4.39. The zero-order chi connectivity index (χ0) is 13.0. The summed E-state index contributed by atoms with van der Waals surface area (Å²) in [5.74, 6) is 1.61. The maximum Gasteiger partial charge on any atom is 0.121 e. The van der Waals surface area contributed by atoms with Gasteiger partial charge in [0, 0.05) is 14.8 Å². The van der Waals surface area contributed by atoms with Gasteiger partial charge >= 0.3 is 0 Å². The summed E-state index contributed by atoms with van der Waals surface area (Å²) >= 11 is 7.66. The van der Waals surface area contributed by atoms with E-state index in [0.29, 0.717) is 5.02 Å². The van der Waals surface area contributed by atoms with Crippen molar-refractivity contribution in [2.24, 2.45) is 0 Å². The van der Waals surface area contributed by atoms with Gasteiger partial charge in [-0.25, -0.2) is 0 Å². The lowest BCUT2D eigenvalue weighted by Gasteiger charge is -2.06. The Morgan fingerprint density at radius 1 is 0.833 bits per heavy atom. The van der Waals surface area contributed by atoms with Crippen molar-refractivity contribution in [2.75, 3.05) is 14.2 Å². The topological polar surface area (TPSA) is 18.5 Å². The SMILES string of the molecule is COc1ccc(Sc2cc(Cl)cc(OC)c2)cc1. The molecule has 4 heteroatoms. The summed E-state index contributed by atoms with van der Waals surface area (Å²) in [6.07, 6.45) is 0. The van der Waals surface area contributed by atoms with Crippen LogP contribution in [-0.2, 0) is 0 Å². The molecule has 2 aromatic carbocycles. The molecule has 0 atom stereocenters. The van der Waals surface area contributed by atoms with E-state index in [0.717, 1.165) is 21.3 Å². The van der Waals surface area contributed by atoms with Crippen LogP contribution in [-0.4, -0.2) is 14.2 Å². The van der Waals surface area contributed by atoms with E-state index < -0.39 is 0 Å². The predicted octanol–water partition coefficient (Wildman–Crippen LogP) is 4.51. The van der Waals surface area contributed by atoms with Crippen molar-refractivity contribution >= 4 is 23.4 Å². The molecule has 0 radical (unpaired) electrons. The quantitative estimate of drug-likeness (QED) is 0.821. The number of benzene rings is 2. The summed E-state index contributed by atoms with van der Waals surface area (Å²) in [5, 5.41) is 0.672. The van der Waals surface area contributed by atoms with Gasteiger partial charge in [-0.1, -0.05) is 23.4 Å². The van der Waals surface area contributed by atoms with Crippen molar-refractivity contribution < 1.29 is 9.47 Å². The molecule has 94 valence electrons. The molecule has 0 spiro atoms. The molecule has 2 nitrogen and oxygen atoms in total. The molecule has 0 fully saturated rings. The summed E-state index contributed by atoms with van der Waals surface area (Å²) in [4.78, 5) is 2.17. The van der Waals surface area contributed by atoms with Gasteiger partial charge in [-0.05, 0) is 42.5 Å². The van der Waals surface area contributed by atoms with Crippen LogP contribution in [0.3, 0.4) is 0 Å². The standard InChI is InChI=1S/C14H13ClO2S/c1-16-11-3-5-13(6-4-11)18-14-8-10(15)7-12(9-14)17-2/h3-9H,1-2H3. The molecule has 2 aromatic rings. The van der Waals surface area contributed by atoms with Crippen LogP contribution in [0.1, 0.15) is 0 Å². The third kappa shape index (κ3) is 3.34. The lowest BCUT2D eigenvalue weighted by Crippen LogP contribution is -1.84. The minimum Gasteiger partial charge on any atom is -0.497 e. The average Bonchev–Trinajstić information content (AvgIpc) is 2.39. The fraction of sp³-hybridized carbons (Fsp3) is 0.143. The summed E-state index contributed by atoms with van der Waals surface area (Å²) in [7, 11) is 3.29. The largest absolute Gasteiger partial charge is 0.497 e. The first-order chi connectivity index (χ1) is 8.71. The molecule has 0 aliphatic heterocycles. The van der Waals surface area contributed by atoms with Gasteiger partial charge in [0.1, 0.15) is 11.5 Å². The van der Waals surface area contributed by atoms with Crippen molar-refractivity contribution in [3.63, 3.8) is 0 Å². The number of hydrogen-bond donors (Lipinski definition) is 0. The summed E-state index contributed by atoms with van der Waals surface area (Å²) in [5.41, 5.74) is 0. The molecule has 0 bridgehead atoms. The molecule has 0 unspecified atom stereocenters. The second kappa shape index (κ2) is 6.03. The Morgan fingerprint density at radius 2 is 1.50 bits per heavy atom. The Bertz CT molecular complexity index is 526. The minimum atomic E-state index is 0.672. The summed E-state index contributed by atoms with van der Waals surface area (Å²) in [6, 6.07) is 13.6. The van der Waals surface area contributed by atoms with E-state index >= 15 is 0 Å². The Labute approximate surface area is 116 Å². The van der Waals surface area contributed by atoms with E-state index in [1.165, 1.54) is 0 Å². The highest BCUT2D eigenvalue weighted by Gasteiger charge is 2.02. The lowest BCUT2D eigenvalue weighted by atomic mass is 10.3. The highest BCUT2D eigenvalue weighted by Crippen LogP contribution is 2.33. The first-order valence-corrected chi connectivity index (χ1v) is 6.57. The maximum atomic E-state index is 6.03. The van der Waals surface area contributed by atoms with Crippen molar-refractivity contribution in [3.8, 4) is 11.5 Å². The summed E-state index contributed by atoms with van der Waals surface area (Å²) < 4.78 is 10.3. The second-order valence-corrected chi connectivity index (χ2v) is 5.19. The van der Waals surface area contributed by atoms with E-state index in [1.54, 1.807) is 32.0 Å². The van der Waals surface area contributed by atoms with E-state index in [9.17, 15) is 0 Å². The van der Waals surface area contributed by atoms with E-state index in [4.69, 9.17) is 21.1 Å². The van der Waals surface area contributed by atoms with Crippen LogP contribution >= 0.6 is 23.4 Å². The molecule has 0 amide bonds. The molecule has 18 heavy (non-hydrogen) atoms. The van der Waals surface area contributed by atoms with Crippen LogP contribution in [0.2, 0.25) is 5.02 Å². The van der Waals surface area contributed by atoms with Gasteiger partial charge in [-0.15, -0.1) is 0 Å². The van der Waals surface area contributed by atoms with Crippen LogP contribution in [0.5, 0.6) is 11.5 Å². The van der Waals surface area contributed by atoms with Gasteiger partial charge < -0.3 is 9.47 Å². The molecule has 0 heterocycles. The van der Waals surface area contributed by atoms with Crippen LogP contribution in [0.4, 0.5) is 0 Å². The van der Waals surface area contributed by atoms with Gasteiger partial charge in [0.2, 0.25) is 0 Å². The van der Waals surface area contributed by atoms with E-state index in [2.05, 4.69) is 0 Å². The molecular formula is C14H13ClO2S. The average molecular weight is 281 g/mol. The van der Waals surface area contributed by atoms with Crippen LogP contribution in [0.15, 0.2) is 52.3 Å². The Morgan fingerprint density at radius 3 is 2.11 bits per heavy atom. The van der Waals surface area contributed by atoms with Gasteiger partial charge in [-0.3, -0.25) is 0 Å². The van der Waals surface area contributed by atoms with Crippen molar-refractivity contribution in [1.82, 2.24) is 0 Å². The molecule has 2 rings (SSSR count). The van der Waals surface area contributed by atoms with Gasteiger partial charge in [0.25, 0.3) is 0 Å². The molecule has 0 saturated carbocycles. The van der Waals surface area contributed by atoms with Gasteiger partial charge in [0.05, 0.1) is 14.2 Å². The predicted molar refractivity (Wildman–Crippen MR) is 75.1 cm³/mol. The van der Waals surface area contributed by atoms with Crippen LogP contribution < -0.4 is 9.47 Å². The third-order valence-electron chi connectivity index (χ3n) is 2.38. The Hall–Kier alpha value is -1.32. The molecule has 0 aliphatic rings. The third-order valence-corrected chi connectivity index (χ3v) is 3.57. The smallest absolute Gasteiger partial charge is 0.121 e. The van der Waals surface area contributed by atoms with Crippen LogP contribution in [0.25, 0.3) is 0 Å². The number of ether oxygens (including phenoxy) is 2. The first kappa shape index (κ1) is 13.1. The number of hydrogen-bond acceptors (Lipinski definition) is 3. The second-order valence-electron chi connectivity index (χ2n) is 3.60. The minimum absolute atomic E-state index is 0.672.